The van der Waals surface area contributed by atoms with E-state index in [2.05, 4.69) is 5.32 Å². The smallest absolute Gasteiger partial charge is 0.306 e. The van der Waals surface area contributed by atoms with E-state index in [4.69, 9.17) is 9.84 Å². The first kappa shape index (κ1) is 15.3. The Morgan fingerprint density at radius 1 is 1.38 bits per heavy atom. The number of benzene rings is 1. The van der Waals surface area contributed by atoms with Crippen molar-refractivity contribution in [1.29, 1.82) is 0 Å². The summed E-state index contributed by atoms with van der Waals surface area (Å²) in [5.74, 6) is -1.06. The third kappa shape index (κ3) is 3.16. The van der Waals surface area contributed by atoms with E-state index in [1.54, 1.807) is 20.2 Å². The molecule has 1 atom stereocenters. The molecule has 2 rings (SSSR count). The number of aliphatic carboxylic acids is 1. The number of carboxylic acid groups (broad SMARTS) is 1. The SMILES string of the molecule is CNc1cc2sc(C(=O)C[C@H](C)C(=O)O)cc2cc1OC. The lowest BCUT2D eigenvalue weighted by molar-refractivity contribution is -0.141. The molecule has 0 bridgehead atoms. The first-order chi connectivity index (χ1) is 9.96. The highest BCUT2D eigenvalue weighted by Gasteiger charge is 2.19. The van der Waals surface area contributed by atoms with Crippen LogP contribution in [0.3, 0.4) is 0 Å². The minimum Gasteiger partial charge on any atom is -0.495 e. The predicted molar refractivity (Wildman–Crippen MR) is 83.7 cm³/mol. The number of ketones is 1. The van der Waals surface area contributed by atoms with Crippen LogP contribution >= 0.6 is 11.3 Å². The molecule has 0 radical (unpaired) electrons. The Bertz CT molecular complexity index is 651. The number of rotatable bonds is 6. The minimum absolute atomic E-state index is 0.0121. The van der Waals surface area contributed by atoms with E-state index < -0.39 is 11.9 Å². The number of nitrogens with one attached hydrogen (secondary N) is 1. The molecule has 1 heterocycles. The summed E-state index contributed by atoms with van der Waals surface area (Å²) in [6.07, 6.45) is 0.0121. The van der Waals surface area contributed by atoms with Gasteiger partial charge in [0.2, 0.25) is 0 Å². The first-order valence-electron chi connectivity index (χ1n) is 6.51. The second-order valence-electron chi connectivity index (χ2n) is 4.82. The van der Waals surface area contributed by atoms with Crippen molar-refractivity contribution in [3.05, 3.63) is 23.1 Å². The van der Waals surface area contributed by atoms with Crippen molar-refractivity contribution in [2.24, 2.45) is 5.92 Å². The molecule has 112 valence electrons. The van der Waals surface area contributed by atoms with Crippen LogP contribution in [-0.4, -0.2) is 31.0 Å². The summed E-state index contributed by atoms with van der Waals surface area (Å²) in [5, 5.41) is 12.8. The van der Waals surface area contributed by atoms with E-state index in [0.717, 1.165) is 15.8 Å². The molecule has 0 aliphatic heterocycles. The van der Waals surface area contributed by atoms with E-state index in [1.807, 2.05) is 12.1 Å². The van der Waals surface area contributed by atoms with Crippen LogP contribution in [0.15, 0.2) is 18.2 Å². The summed E-state index contributed by atoms with van der Waals surface area (Å²) >= 11 is 1.37. The first-order valence-corrected chi connectivity index (χ1v) is 7.33. The fourth-order valence-corrected chi connectivity index (χ4v) is 3.07. The molecule has 0 fully saturated rings. The standard InChI is InChI=1S/C15H17NO4S/c1-8(15(18)19)4-11(17)14-6-9-5-12(20-3)10(16-2)7-13(9)21-14/h5-8,16H,4H2,1-3H3,(H,18,19)/t8-/m0/s1. The van der Waals surface area contributed by atoms with Crippen LogP contribution in [0.1, 0.15) is 23.0 Å². The molecule has 6 heteroatoms. The van der Waals surface area contributed by atoms with Gasteiger partial charge in [0.05, 0.1) is 23.6 Å². The highest BCUT2D eigenvalue weighted by atomic mass is 32.1. The Morgan fingerprint density at radius 2 is 2.10 bits per heavy atom. The number of Topliss-reactive ketones (excluding diaryl/α,β-unsaturated/α-hetero) is 1. The molecule has 5 nitrogen and oxygen atoms in total. The zero-order chi connectivity index (χ0) is 15.6. The minimum atomic E-state index is -0.955. The number of methoxy groups -OCH3 is 1. The molecule has 0 saturated carbocycles. The third-order valence-electron chi connectivity index (χ3n) is 3.30. The fraction of sp³-hybridized carbons (Fsp3) is 0.333. The number of ether oxygens (including phenoxy) is 1. The number of thiophene rings is 1. The van der Waals surface area contributed by atoms with Crippen molar-refractivity contribution >= 4 is 38.9 Å². The normalized spacial score (nSPS) is 12.1. The topological polar surface area (TPSA) is 75.6 Å². The molecule has 0 amide bonds. The number of hydrogen-bond acceptors (Lipinski definition) is 5. The number of anilines is 1. The molecule has 21 heavy (non-hydrogen) atoms. The molecule has 1 aromatic heterocycles. The quantitative estimate of drug-likeness (QED) is 0.801. The van der Waals surface area contributed by atoms with Gasteiger partial charge in [-0.05, 0) is 23.6 Å². The Labute approximate surface area is 126 Å². The van der Waals surface area contributed by atoms with Gasteiger partial charge in [0.15, 0.2) is 5.78 Å². The maximum Gasteiger partial charge on any atom is 0.306 e. The van der Waals surface area contributed by atoms with E-state index in [9.17, 15) is 9.59 Å². The molecule has 0 aliphatic carbocycles. The molecule has 2 N–H and O–H groups in total. The molecular formula is C15H17NO4S. The Hall–Kier alpha value is -2.08. The zero-order valence-corrected chi connectivity index (χ0v) is 12.9. The van der Waals surface area contributed by atoms with E-state index in [1.165, 1.54) is 18.3 Å². The van der Waals surface area contributed by atoms with Crippen molar-refractivity contribution in [3.8, 4) is 5.75 Å². The second kappa shape index (κ2) is 6.13. The summed E-state index contributed by atoms with van der Waals surface area (Å²) < 4.78 is 6.25. The van der Waals surface area contributed by atoms with Crippen molar-refractivity contribution in [2.45, 2.75) is 13.3 Å². The zero-order valence-electron chi connectivity index (χ0n) is 12.1. The third-order valence-corrected chi connectivity index (χ3v) is 4.43. The Morgan fingerprint density at radius 3 is 2.67 bits per heavy atom. The maximum atomic E-state index is 12.1. The Balaban J connectivity index is 2.34. The fourth-order valence-electron chi connectivity index (χ4n) is 2.03. The monoisotopic (exact) mass is 307 g/mol. The summed E-state index contributed by atoms with van der Waals surface area (Å²) in [6.45, 7) is 1.54. The van der Waals surface area contributed by atoms with E-state index in [0.29, 0.717) is 10.6 Å². The number of carbonyl (C=O) groups excluding carboxylic acids is 1. The van der Waals surface area contributed by atoms with E-state index >= 15 is 0 Å². The Kier molecular flexibility index (Phi) is 4.47. The molecule has 0 spiro atoms. The van der Waals surface area contributed by atoms with Gasteiger partial charge in [-0.25, -0.2) is 0 Å². The van der Waals surface area contributed by atoms with Crippen LogP contribution in [0.5, 0.6) is 5.75 Å². The predicted octanol–water partition coefficient (Wildman–Crippen LogP) is 3.25. The molecular weight excluding hydrogens is 290 g/mol. The van der Waals surface area contributed by atoms with Gasteiger partial charge in [0.1, 0.15) is 5.75 Å². The molecule has 0 saturated heterocycles. The lowest BCUT2D eigenvalue weighted by atomic mass is 10.0. The van der Waals surface area contributed by atoms with Gasteiger partial charge in [-0.1, -0.05) is 6.92 Å². The molecule has 1 aromatic carbocycles. The largest absolute Gasteiger partial charge is 0.495 e. The average molecular weight is 307 g/mol. The van der Waals surface area contributed by atoms with Crippen LogP contribution in [0, 0.1) is 5.92 Å². The lowest BCUT2D eigenvalue weighted by Crippen LogP contribution is -2.13. The second-order valence-corrected chi connectivity index (χ2v) is 5.90. The molecule has 0 aliphatic rings. The van der Waals surface area contributed by atoms with E-state index in [-0.39, 0.29) is 12.2 Å². The van der Waals surface area contributed by atoms with Gasteiger partial charge in [0, 0.05) is 18.2 Å². The van der Waals surface area contributed by atoms with Crippen LogP contribution in [0.4, 0.5) is 5.69 Å². The van der Waals surface area contributed by atoms with Crippen molar-refractivity contribution in [1.82, 2.24) is 0 Å². The number of carboxylic acids is 1. The van der Waals surface area contributed by atoms with Crippen LogP contribution < -0.4 is 10.1 Å². The highest BCUT2D eigenvalue weighted by molar-refractivity contribution is 7.20. The molecule has 0 unspecified atom stereocenters. The summed E-state index contributed by atoms with van der Waals surface area (Å²) in [5.41, 5.74) is 0.852. The van der Waals surface area contributed by atoms with Crippen molar-refractivity contribution in [2.75, 3.05) is 19.5 Å². The number of fused-ring (bicyclic) bond motifs is 1. The van der Waals surface area contributed by atoms with Gasteiger partial charge in [-0.2, -0.15) is 0 Å². The van der Waals surface area contributed by atoms with Crippen LogP contribution in [0.2, 0.25) is 0 Å². The van der Waals surface area contributed by atoms with Crippen molar-refractivity contribution in [3.63, 3.8) is 0 Å². The summed E-state index contributed by atoms with van der Waals surface area (Å²) in [6, 6.07) is 5.59. The van der Waals surface area contributed by atoms with Gasteiger partial charge >= 0.3 is 5.97 Å². The van der Waals surface area contributed by atoms with Gasteiger partial charge in [0.25, 0.3) is 0 Å². The summed E-state index contributed by atoms with van der Waals surface area (Å²) in [7, 11) is 3.40. The molecule has 2 aromatic rings. The summed E-state index contributed by atoms with van der Waals surface area (Å²) in [4.78, 5) is 23.5. The lowest BCUT2D eigenvalue weighted by Gasteiger charge is -2.07. The van der Waals surface area contributed by atoms with Gasteiger partial charge < -0.3 is 15.2 Å². The average Bonchev–Trinajstić information content (AvgIpc) is 2.88. The van der Waals surface area contributed by atoms with Crippen molar-refractivity contribution < 1.29 is 19.4 Å². The van der Waals surface area contributed by atoms with Crippen LogP contribution in [-0.2, 0) is 4.79 Å². The highest BCUT2D eigenvalue weighted by Crippen LogP contribution is 2.35. The number of hydrogen-bond donors (Lipinski definition) is 2. The maximum absolute atomic E-state index is 12.1. The van der Waals surface area contributed by atoms with Gasteiger partial charge in [-0.15, -0.1) is 11.3 Å². The van der Waals surface area contributed by atoms with Gasteiger partial charge in [-0.3, -0.25) is 9.59 Å². The number of carbonyl (C=O) groups is 2. The van der Waals surface area contributed by atoms with Crippen LogP contribution in [0.25, 0.3) is 10.1 Å².